The normalized spacial score (nSPS) is 11.1. The molecule has 0 aliphatic rings. The van der Waals surface area contributed by atoms with E-state index in [1.807, 2.05) is 466 Å². The number of benzene rings is 12. The molecular formula is C102H84Cl6N18. The highest BCUT2D eigenvalue weighted by Crippen LogP contribution is 2.24. The van der Waals surface area contributed by atoms with Crippen LogP contribution in [0.1, 0.15) is 33.4 Å². The molecule has 6 heterocycles. The molecule has 126 heavy (non-hydrogen) atoms. The lowest BCUT2D eigenvalue weighted by molar-refractivity contribution is 0.663. The molecule has 0 saturated carbocycles. The molecular weight excluding hydrogens is 1690 g/mol. The Bertz CT molecular complexity index is 5400. The third-order valence-electron chi connectivity index (χ3n) is 18.5. The lowest BCUT2D eigenvalue weighted by atomic mass is 10.2. The van der Waals surface area contributed by atoms with E-state index in [2.05, 4.69) is 61.9 Å². The van der Waals surface area contributed by atoms with Crippen LogP contribution in [0, 0.1) is 0 Å². The Kier molecular flexibility index (Phi) is 34.4. The van der Waals surface area contributed by atoms with Gasteiger partial charge in [-0.15, -0.1) is 30.6 Å². The van der Waals surface area contributed by atoms with E-state index in [0.717, 1.165) is 131 Å². The highest BCUT2D eigenvalue weighted by molar-refractivity contribution is 6.32. The van der Waals surface area contributed by atoms with E-state index < -0.39 is 0 Å². The van der Waals surface area contributed by atoms with Crippen molar-refractivity contribution in [2.45, 2.75) is 39.3 Å². The van der Waals surface area contributed by atoms with Crippen LogP contribution in [0.4, 0.5) is 0 Å². The second kappa shape index (κ2) is 48.5. The Morgan fingerprint density at radius 3 is 0.421 bits per heavy atom. The van der Waals surface area contributed by atoms with E-state index in [-0.39, 0.29) is 0 Å². The zero-order chi connectivity index (χ0) is 87.0. The quantitative estimate of drug-likeness (QED) is 0.0558. The van der Waals surface area contributed by atoms with E-state index in [9.17, 15) is 0 Å². The standard InChI is InChI=1S/6C17H14ClN3/c6*18-16-10-8-14(9-11-16)5-4-12-21-13-17(19-20-21)15-6-2-1-3-7-15/h6*1-11,13H,12H2/b6*5-4+. The molecule has 0 aliphatic carbocycles. The molecule has 0 radical (unpaired) electrons. The largest absolute Gasteiger partial charge is 0.248 e. The lowest BCUT2D eigenvalue weighted by Crippen LogP contribution is -1.95. The molecule has 18 rings (SSSR count). The van der Waals surface area contributed by atoms with Gasteiger partial charge in [0.05, 0.1) is 76.4 Å². The molecule has 0 saturated heterocycles. The summed E-state index contributed by atoms with van der Waals surface area (Å²) in [7, 11) is 0. The van der Waals surface area contributed by atoms with Crippen LogP contribution in [0.25, 0.3) is 104 Å². The van der Waals surface area contributed by atoms with Crippen molar-refractivity contribution in [2.24, 2.45) is 0 Å². The van der Waals surface area contributed by atoms with Gasteiger partial charge in [-0.2, -0.15) is 0 Å². The molecule has 0 N–H and O–H groups in total. The van der Waals surface area contributed by atoms with E-state index in [0.29, 0.717) is 39.3 Å². The number of aromatic nitrogens is 18. The first kappa shape index (κ1) is 89.4. The molecule has 6 aromatic heterocycles. The Balaban J connectivity index is 0.000000130. The van der Waals surface area contributed by atoms with Crippen molar-refractivity contribution in [3.63, 3.8) is 0 Å². The van der Waals surface area contributed by atoms with Gasteiger partial charge < -0.3 is 0 Å². The van der Waals surface area contributed by atoms with Gasteiger partial charge in [0.1, 0.15) is 34.2 Å². The molecule has 24 heteroatoms. The molecule has 0 aliphatic heterocycles. The molecule has 0 amide bonds. The van der Waals surface area contributed by atoms with Gasteiger partial charge in [0.2, 0.25) is 0 Å². The van der Waals surface area contributed by atoms with Crippen molar-refractivity contribution in [3.8, 4) is 67.5 Å². The Morgan fingerprint density at radius 2 is 0.294 bits per heavy atom. The summed E-state index contributed by atoms with van der Waals surface area (Å²) < 4.78 is 10.9. The van der Waals surface area contributed by atoms with Gasteiger partial charge in [-0.1, -0.05) is 429 Å². The highest BCUT2D eigenvalue weighted by Gasteiger charge is 2.09. The predicted octanol–water partition coefficient (Wildman–Crippen LogP) is 25.9. The average Bonchev–Trinajstić information content (AvgIpc) is 1.75. The fourth-order valence-corrected chi connectivity index (χ4v) is 12.8. The molecule has 624 valence electrons. The number of nitrogens with zero attached hydrogens (tertiary/aromatic N) is 18. The van der Waals surface area contributed by atoms with E-state index in [1.54, 1.807) is 0 Å². The summed E-state index contributed by atoms with van der Waals surface area (Å²) in [5, 5.41) is 54.4. The van der Waals surface area contributed by atoms with Crippen molar-refractivity contribution in [2.75, 3.05) is 0 Å². The highest BCUT2D eigenvalue weighted by atomic mass is 35.5. The van der Waals surface area contributed by atoms with Crippen LogP contribution in [-0.4, -0.2) is 90.0 Å². The van der Waals surface area contributed by atoms with Crippen molar-refractivity contribution in [1.82, 2.24) is 90.0 Å². The summed E-state index contributed by atoms with van der Waals surface area (Å²) >= 11 is 35.1. The van der Waals surface area contributed by atoms with Gasteiger partial charge in [-0.3, -0.25) is 0 Å². The molecule has 0 fully saturated rings. The van der Waals surface area contributed by atoms with E-state index in [4.69, 9.17) is 69.6 Å². The fraction of sp³-hybridized carbons (Fsp3) is 0.0588. The second-order valence-electron chi connectivity index (χ2n) is 27.9. The minimum absolute atomic E-state index is 0.683. The van der Waals surface area contributed by atoms with E-state index in [1.165, 1.54) is 0 Å². The number of rotatable bonds is 24. The Hall–Kier alpha value is -14.3. The predicted molar refractivity (Wildman–Crippen MR) is 516 cm³/mol. The molecule has 18 aromatic rings. The SMILES string of the molecule is Clc1ccc(/C=C/Cn2cc(-c3ccccc3)nn2)cc1.Clc1ccc(/C=C/Cn2cc(-c3ccccc3)nn2)cc1.Clc1ccc(/C=C/Cn2cc(-c3ccccc3)nn2)cc1.Clc1ccc(/C=C/Cn2cc(-c3ccccc3)nn2)cc1.Clc1ccc(/C=C/Cn2cc(-c3ccccc3)nn2)cc1.Clc1ccc(/C=C/Cn2cc(-c3ccccc3)nn2)cc1. The molecule has 0 spiro atoms. The van der Waals surface area contributed by atoms with E-state index >= 15 is 0 Å². The smallest absolute Gasteiger partial charge is 0.113 e. The lowest BCUT2D eigenvalue weighted by Gasteiger charge is -1.95. The Morgan fingerprint density at radius 1 is 0.167 bits per heavy atom. The topological polar surface area (TPSA) is 184 Å². The van der Waals surface area contributed by atoms with Crippen molar-refractivity contribution in [1.29, 1.82) is 0 Å². The zero-order valence-electron chi connectivity index (χ0n) is 68.1. The first-order valence-corrected chi connectivity index (χ1v) is 42.4. The van der Waals surface area contributed by atoms with Crippen LogP contribution in [-0.2, 0) is 39.3 Å². The first-order valence-electron chi connectivity index (χ1n) is 40.1. The second-order valence-corrected chi connectivity index (χ2v) is 30.5. The van der Waals surface area contributed by atoms with Gasteiger partial charge in [-0.05, 0) is 106 Å². The summed E-state index contributed by atoms with van der Waals surface area (Å²) in [5.74, 6) is 0. The van der Waals surface area contributed by atoms with Crippen LogP contribution in [0.3, 0.4) is 0 Å². The third kappa shape index (κ3) is 30.0. The van der Waals surface area contributed by atoms with Crippen molar-refractivity contribution < 1.29 is 0 Å². The third-order valence-corrected chi connectivity index (χ3v) is 20.0. The molecule has 18 nitrogen and oxygen atoms in total. The maximum Gasteiger partial charge on any atom is 0.113 e. The van der Waals surface area contributed by atoms with Gasteiger partial charge in [0, 0.05) is 63.5 Å². The molecule has 12 aromatic carbocycles. The van der Waals surface area contributed by atoms with Crippen molar-refractivity contribution in [3.05, 3.63) is 465 Å². The summed E-state index contributed by atoms with van der Waals surface area (Å²) in [6, 6.07) is 107. The van der Waals surface area contributed by atoms with Crippen molar-refractivity contribution >= 4 is 106 Å². The summed E-state index contributed by atoms with van der Waals surface area (Å²) in [4.78, 5) is 0. The Labute approximate surface area is 761 Å². The first-order chi connectivity index (χ1) is 61.9. The minimum atomic E-state index is 0.683. The summed E-state index contributed by atoms with van der Waals surface area (Å²) in [6.07, 6.45) is 36.2. The summed E-state index contributed by atoms with van der Waals surface area (Å²) in [6.45, 7) is 4.10. The molecule has 0 bridgehead atoms. The zero-order valence-corrected chi connectivity index (χ0v) is 72.7. The van der Waals surface area contributed by atoms with Gasteiger partial charge in [0.25, 0.3) is 0 Å². The number of hydrogen-bond donors (Lipinski definition) is 0. The van der Waals surface area contributed by atoms with Crippen LogP contribution in [0.5, 0.6) is 0 Å². The number of hydrogen-bond acceptors (Lipinski definition) is 12. The maximum absolute atomic E-state index is 5.86. The number of halogens is 6. The molecule has 0 atom stereocenters. The average molecular weight is 1770 g/mol. The molecule has 0 unspecified atom stereocenters. The van der Waals surface area contributed by atoms with Crippen LogP contribution >= 0.6 is 69.6 Å². The van der Waals surface area contributed by atoms with Gasteiger partial charge in [0.15, 0.2) is 0 Å². The van der Waals surface area contributed by atoms with Crippen LogP contribution in [0.15, 0.2) is 401 Å². The minimum Gasteiger partial charge on any atom is -0.248 e. The maximum atomic E-state index is 5.86. The van der Waals surface area contributed by atoms with Gasteiger partial charge >= 0.3 is 0 Å². The monoisotopic (exact) mass is 1770 g/mol. The number of allylic oxidation sites excluding steroid dienone is 6. The fourth-order valence-electron chi connectivity index (χ4n) is 12.0. The van der Waals surface area contributed by atoms with Crippen LogP contribution < -0.4 is 0 Å². The van der Waals surface area contributed by atoms with Gasteiger partial charge in [-0.25, -0.2) is 28.1 Å². The summed E-state index contributed by atoms with van der Waals surface area (Å²) in [5.41, 5.74) is 18.4. The van der Waals surface area contributed by atoms with Crippen LogP contribution in [0.2, 0.25) is 30.1 Å².